The number of nitrogens with one attached hydrogen (secondary N) is 1. The average molecular weight is 193 g/mol. The first-order chi connectivity index (χ1) is 6.74. The zero-order valence-electron chi connectivity index (χ0n) is 7.79. The molecule has 1 aromatic carbocycles. The van der Waals surface area contributed by atoms with E-state index in [0.717, 1.165) is 6.29 Å². The molecule has 1 fully saturated rings. The summed E-state index contributed by atoms with van der Waals surface area (Å²) in [7, 11) is 0. The zero-order chi connectivity index (χ0) is 10.0. The normalized spacial score (nSPS) is 26.4. The lowest BCUT2D eigenvalue weighted by atomic mass is 9.94. The van der Waals surface area contributed by atoms with E-state index in [9.17, 15) is 9.18 Å². The summed E-state index contributed by atoms with van der Waals surface area (Å²) in [5, 5.41) is 3.00. The van der Waals surface area contributed by atoms with Gasteiger partial charge in [-0.1, -0.05) is 24.3 Å². The molecule has 1 aromatic rings. The van der Waals surface area contributed by atoms with Crippen molar-refractivity contribution in [2.75, 3.05) is 13.1 Å². The third-order valence-corrected chi connectivity index (χ3v) is 2.67. The highest BCUT2D eigenvalue weighted by Gasteiger charge is 2.35. The van der Waals surface area contributed by atoms with Crippen molar-refractivity contribution >= 4 is 6.29 Å². The molecule has 74 valence electrons. The minimum Gasteiger partial charge on any atom is -0.313 e. The molecule has 1 unspecified atom stereocenters. The van der Waals surface area contributed by atoms with Crippen LogP contribution >= 0.6 is 0 Å². The number of alkyl halides is 1. The number of carbonyl (C=O) groups excluding carboxylic acids is 1. The smallest absolute Gasteiger partial charge is 0.150 e. The monoisotopic (exact) mass is 193 g/mol. The van der Waals surface area contributed by atoms with E-state index in [0.29, 0.717) is 30.6 Å². The summed E-state index contributed by atoms with van der Waals surface area (Å²) in [5.41, 5.74) is -0.00192. The van der Waals surface area contributed by atoms with Gasteiger partial charge in [0, 0.05) is 12.1 Å². The van der Waals surface area contributed by atoms with Crippen LogP contribution in [0.2, 0.25) is 0 Å². The predicted molar refractivity (Wildman–Crippen MR) is 52.1 cm³/mol. The van der Waals surface area contributed by atoms with E-state index >= 15 is 0 Å². The molecular weight excluding hydrogens is 181 g/mol. The summed E-state index contributed by atoms with van der Waals surface area (Å²) in [6, 6.07) is 6.69. The van der Waals surface area contributed by atoms with Crippen LogP contribution in [0, 0.1) is 0 Å². The van der Waals surface area contributed by atoms with Gasteiger partial charge in [0.25, 0.3) is 0 Å². The van der Waals surface area contributed by atoms with Gasteiger partial charge in [0.1, 0.15) is 12.0 Å². The molecule has 0 radical (unpaired) electrons. The van der Waals surface area contributed by atoms with Crippen molar-refractivity contribution in [3.63, 3.8) is 0 Å². The van der Waals surface area contributed by atoms with Crippen LogP contribution in [0.3, 0.4) is 0 Å². The lowest BCUT2D eigenvalue weighted by Gasteiger charge is -2.18. The predicted octanol–water partition coefficient (Wildman–Crippen LogP) is 1.66. The SMILES string of the molecule is O=Cc1ccc(C2(F)CCNC2)cc1. The van der Waals surface area contributed by atoms with E-state index in [-0.39, 0.29) is 0 Å². The van der Waals surface area contributed by atoms with Gasteiger partial charge in [0.05, 0.1) is 0 Å². The van der Waals surface area contributed by atoms with Gasteiger partial charge in [-0.25, -0.2) is 4.39 Å². The second-order valence-corrected chi connectivity index (χ2v) is 3.63. The molecule has 1 heterocycles. The van der Waals surface area contributed by atoms with Gasteiger partial charge < -0.3 is 5.32 Å². The van der Waals surface area contributed by atoms with Gasteiger partial charge in [-0.3, -0.25) is 4.79 Å². The van der Waals surface area contributed by atoms with Crippen molar-refractivity contribution in [1.29, 1.82) is 0 Å². The van der Waals surface area contributed by atoms with Crippen molar-refractivity contribution in [2.24, 2.45) is 0 Å². The molecule has 2 rings (SSSR count). The van der Waals surface area contributed by atoms with Crippen LogP contribution < -0.4 is 5.32 Å². The second-order valence-electron chi connectivity index (χ2n) is 3.63. The number of carbonyl (C=O) groups is 1. The highest BCUT2D eigenvalue weighted by molar-refractivity contribution is 5.74. The Morgan fingerprint density at radius 3 is 2.57 bits per heavy atom. The Bertz CT molecular complexity index is 328. The molecule has 1 aliphatic rings. The first-order valence-corrected chi connectivity index (χ1v) is 4.70. The van der Waals surface area contributed by atoms with Crippen molar-refractivity contribution in [2.45, 2.75) is 12.1 Å². The Labute approximate surface area is 82.1 Å². The number of benzene rings is 1. The van der Waals surface area contributed by atoms with Crippen molar-refractivity contribution in [3.8, 4) is 0 Å². The topological polar surface area (TPSA) is 29.1 Å². The van der Waals surface area contributed by atoms with Gasteiger partial charge in [0.15, 0.2) is 0 Å². The molecule has 1 saturated heterocycles. The minimum atomic E-state index is -1.25. The average Bonchev–Trinajstić information content (AvgIpc) is 2.67. The largest absolute Gasteiger partial charge is 0.313 e. The zero-order valence-corrected chi connectivity index (χ0v) is 7.79. The molecule has 2 nitrogen and oxygen atoms in total. The Hall–Kier alpha value is -1.22. The van der Waals surface area contributed by atoms with E-state index < -0.39 is 5.67 Å². The van der Waals surface area contributed by atoms with Crippen molar-refractivity contribution in [1.82, 2.24) is 5.32 Å². The van der Waals surface area contributed by atoms with Crippen molar-refractivity contribution < 1.29 is 9.18 Å². The van der Waals surface area contributed by atoms with Crippen LogP contribution in [-0.2, 0) is 5.67 Å². The maximum Gasteiger partial charge on any atom is 0.150 e. The number of halogens is 1. The molecule has 0 saturated carbocycles. The fourth-order valence-electron chi connectivity index (χ4n) is 1.77. The van der Waals surface area contributed by atoms with Crippen LogP contribution in [0.1, 0.15) is 22.3 Å². The first kappa shape index (κ1) is 9.34. The number of rotatable bonds is 2. The molecule has 1 atom stereocenters. The standard InChI is InChI=1S/C11H12FNO/c12-11(5-6-13-8-11)10-3-1-9(7-14)2-4-10/h1-4,7,13H,5-6,8H2. The van der Waals surface area contributed by atoms with Gasteiger partial charge >= 0.3 is 0 Å². The summed E-state index contributed by atoms with van der Waals surface area (Å²) in [6.45, 7) is 1.08. The van der Waals surface area contributed by atoms with Crippen LogP contribution in [0.5, 0.6) is 0 Å². The Morgan fingerprint density at radius 2 is 2.07 bits per heavy atom. The molecule has 0 bridgehead atoms. The molecule has 3 heteroatoms. The van der Waals surface area contributed by atoms with Gasteiger partial charge in [-0.15, -0.1) is 0 Å². The summed E-state index contributed by atoms with van der Waals surface area (Å²) < 4.78 is 14.1. The molecule has 1 aliphatic heterocycles. The Kier molecular flexibility index (Phi) is 2.33. The van der Waals surface area contributed by atoms with Gasteiger partial charge in [0.2, 0.25) is 0 Å². The Balaban J connectivity index is 2.27. The molecular formula is C11H12FNO. The van der Waals surface area contributed by atoms with E-state index in [1.165, 1.54) is 0 Å². The third kappa shape index (κ3) is 1.55. The fraction of sp³-hybridized carbons (Fsp3) is 0.364. The summed E-state index contributed by atoms with van der Waals surface area (Å²) in [6.07, 6.45) is 1.27. The minimum absolute atomic E-state index is 0.368. The van der Waals surface area contributed by atoms with E-state index in [1.54, 1.807) is 24.3 Å². The summed E-state index contributed by atoms with van der Waals surface area (Å²) >= 11 is 0. The molecule has 0 aromatic heterocycles. The highest BCUT2D eigenvalue weighted by Crippen LogP contribution is 2.31. The lowest BCUT2D eigenvalue weighted by Crippen LogP contribution is -2.23. The fourth-order valence-corrected chi connectivity index (χ4v) is 1.77. The summed E-state index contributed by atoms with van der Waals surface area (Å²) in [5.74, 6) is 0. The molecule has 14 heavy (non-hydrogen) atoms. The molecule has 0 amide bonds. The molecule has 0 aliphatic carbocycles. The van der Waals surface area contributed by atoms with Gasteiger partial charge in [-0.05, 0) is 18.5 Å². The van der Waals surface area contributed by atoms with E-state index in [2.05, 4.69) is 5.32 Å². The van der Waals surface area contributed by atoms with Crippen LogP contribution in [0.4, 0.5) is 4.39 Å². The van der Waals surface area contributed by atoms with E-state index in [4.69, 9.17) is 0 Å². The Morgan fingerprint density at radius 1 is 1.36 bits per heavy atom. The first-order valence-electron chi connectivity index (χ1n) is 4.70. The van der Waals surface area contributed by atoms with Gasteiger partial charge in [-0.2, -0.15) is 0 Å². The highest BCUT2D eigenvalue weighted by atomic mass is 19.1. The molecule has 0 spiro atoms. The molecule has 1 N–H and O–H groups in total. The maximum atomic E-state index is 14.1. The quantitative estimate of drug-likeness (QED) is 0.724. The third-order valence-electron chi connectivity index (χ3n) is 2.67. The van der Waals surface area contributed by atoms with Crippen molar-refractivity contribution in [3.05, 3.63) is 35.4 Å². The van der Waals surface area contributed by atoms with Crippen LogP contribution in [0.15, 0.2) is 24.3 Å². The van der Waals surface area contributed by atoms with Crippen LogP contribution in [0.25, 0.3) is 0 Å². The number of hydrogen-bond acceptors (Lipinski definition) is 2. The summed E-state index contributed by atoms with van der Waals surface area (Å²) in [4.78, 5) is 10.4. The number of hydrogen-bond donors (Lipinski definition) is 1. The number of aldehydes is 1. The lowest BCUT2D eigenvalue weighted by molar-refractivity contribution is 0.112. The maximum absolute atomic E-state index is 14.1. The van der Waals surface area contributed by atoms with Crippen LogP contribution in [-0.4, -0.2) is 19.4 Å². The second kappa shape index (κ2) is 3.50. The van der Waals surface area contributed by atoms with E-state index in [1.807, 2.05) is 0 Å².